The van der Waals surface area contributed by atoms with Gasteiger partial charge >= 0.3 is 0 Å². The van der Waals surface area contributed by atoms with E-state index < -0.39 is 29.6 Å². The number of rotatable bonds is 4. The highest BCUT2D eigenvalue weighted by Crippen LogP contribution is 2.49. The summed E-state index contributed by atoms with van der Waals surface area (Å²) >= 11 is 0. The van der Waals surface area contributed by atoms with Gasteiger partial charge in [-0.15, -0.1) is 0 Å². The Labute approximate surface area is 209 Å². The molecule has 0 bridgehead atoms. The molecule has 2 aliphatic rings. The molecule has 6 rings (SSSR count). The minimum Gasteiger partial charge on any atom is -0.361 e. The lowest BCUT2D eigenvalue weighted by atomic mass is 9.87. The van der Waals surface area contributed by atoms with Crippen molar-refractivity contribution in [3.05, 3.63) is 65.3 Å². The number of halogens is 4. The lowest BCUT2D eigenvalue weighted by Crippen LogP contribution is -2.42. The summed E-state index contributed by atoms with van der Waals surface area (Å²) in [6.45, 7) is 3.65. The van der Waals surface area contributed by atoms with Gasteiger partial charge in [0.05, 0.1) is 22.8 Å². The maximum Gasteiger partial charge on any atom is 0.252 e. The van der Waals surface area contributed by atoms with Crippen LogP contribution >= 0.6 is 0 Å². The zero-order valence-electron chi connectivity index (χ0n) is 20.3. The van der Waals surface area contributed by atoms with Gasteiger partial charge in [0.2, 0.25) is 5.91 Å². The van der Waals surface area contributed by atoms with Gasteiger partial charge in [-0.05, 0) is 56.5 Å². The van der Waals surface area contributed by atoms with E-state index in [9.17, 15) is 22.4 Å². The second kappa shape index (κ2) is 8.43. The van der Waals surface area contributed by atoms with Crippen LogP contribution in [0.4, 0.5) is 23.2 Å². The molecule has 0 N–H and O–H groups in total. The van der Waals surface area contributed by atoms with Crippen molar-refractivity contribution in [2.45, 2.75) is 64.0 Å². The summed E-state index contributed by atoms with van der Waals surface area (Å²) in [5, 5.41) is 4.02. The predicted octanol–water partition coefficient (Wildman–Crippen LogP) is 6.81. The van der Waals surface area contributed by atoms with Gasteiger partial charge in [0, 0.05) is 42.6 Å². The van der Waals surface area contributed by atoms with E-state index in [1.54, 1.807) is 4.57 Å². The fourth-order valence-electron chi connectivity index (χ4n) is 5.67. The van der Waals surface area contributed by atoms with E-state index in [-0.39, 0.29) is 30.9 Å². The minimum absolute atomic E-state index is 0.211. The first-order valence-corrected chi connectivity index (χ1v) is 12.2. The van der Waals surface area contributed by atoms with Crippen molar-refractivity contribution in [3.8, 4) is 11.1 Å². The Morgan fingerprint density at radius 1 is 1.05 bits per heavy atom. The molecule has 1 atom stereocenters. The van der Waals surface area contributed by atoms with Crippen molar-refractivity contribution in [2.75, 3.05) is 4.90 Å². The Morgan fingerprint density at radius 2 is 1.84 bits per heavy atom. The van der Waals surface area contributed by atoms with Crippen LogP contribution in [-0.2, 0) is 4.79 Å². The number of piperidine rings is 1. The number of benzene rings is 2. The highest BCUT2D eigenvalue weighted by molar-refractivity contribution is 5.95. The van der Waals surface area contributed by atoms with E-state index >= 15 is 0 Å². The van der Waals surface area contributed by atoms with E-state index in [1.807, 2.05) is 32.0 Å². The summed E-state index contributed by atoms with van der Waals surface area (Å²) < 4.78 is 62.9. The van der Waals surface area contributed by atoms with Gasteiger partial charge in [0.25, 0.3) is 5.92 Å². The highest BCUT2D eigenvalue weighted by atomic mass is 19.3. The zero-order valence-corrected chi connectivity index (χ0v) is 20.3. The first kappa shape index (κ1) is 23.7. The van der Waals surface area contributed by atoms with Gasteiger partial charge in [0.1, 0.15) is 11.6 Å². The van der Waals surface area contributed by atoms with Crippen LogP contribution in [0.1, 0.15) is 61.5 Å². The monoisotopic (exact) mass is 512 g/mol. The summed E-state index contributed by atoms with van der Waals surface area (Å²) in [5.41, 5.74) is 3.86. The standard InChI is InChI=1S/C27H24F4N4O2/c1-14-25(15(2)37-33-14)16-6-9-22-21(10-16)32-26(35(22)18-12-27(30,31)13-18)23-4-3-5-24(36)34(23)17-7-8-19(28)20(29)11-17/h6-11,18,23H,3-5,12-13H2,1-2H3. The smallest absolute Gasteiger partial charge is 0.252 e. The van der Waals surface area contributed by atoms with E-state index in [0.717, 1.165) is 29.0 Å². The average molecular weight is 513 g/mol. The predicted molar refractivity (Wildman–Crippen MR) is 128 cm³/mol. The zero-order chi connectivity index (χ0) is 26.1. The third kappa shape index (κ3) is 3.89. The second-order valence-electron chi connectivity index (χ2n) is 9.93. The first-order valence-electron chi connectivity index (χ1n) is 12.2. The van der Waals surface area contributed by atoms with Gasteiger partial charge in [-0.25, -0.2) is 22.5 Å². The van der Waals surface area contributed by atoms with Crippen LogP contribution in [0.15, 0.2) is 40.9 Å². The maximum absolute atomic E-state index is 14.1. The summed E-state index contributed by atoms with van der Waals surface area (Å²) in [5.74, 6) is -3.98. The molecule has 1 saturated carbocycles. The fraction of sp³-hybridized carbons (Fsp3) is 0.370. The van der Waals surface area contributed by atoms with Crippen molar-refractivity contribution >= 4 is 22.6 Å². The number of anilines is 1. The van der Waals surface area contributed by atoms with Gasteiger partial charge < -0.3 is 14.0 Å². The van der Waals surface area contributed by atoms with E-state index in [2.05, 4.69) is 5.16 Å². The van der Waals surface area contributed by atoms with Crippen molar-refractivity contribution in [2.24, 2.45) is 0 Å². The number of carbonyl (C=O) groups is 1. The van der Waals surface area contributed by atoms with Crippen LogP contribution in [0.2, 0.25) is 0 Å². The number of carbonyl (C=O) groups excluding carboxylic acids is 1. The molecule has 192 valence electrons. The third-order valence-electron chi connectivity index (χ3n) is 7.40. The number of aromatic nitrogens is 3. The molecule has 1 saturated heterocycles. The van der Waals surface area contributed by atoms with Crippen LogP contribution in [-0.4, -0.2) is 26.5 Å². The Kier molecular flexibility index (Phi) is 5.40. The summed E-state index contributed by atoms with van der Waals surface area (Å²) in [7, 11) is 0. The van der Waals surface area contributed by atoms with Crippen molar-refractivity contribution in [1.82, 2.24) is 14.7 Å². The number of hydrogen-bond acceptors (Lipinski definition) is 4. The fourth-order valence-corrected chi connectivity index (χ4v) is 5.67. The molecular weight excluding hydrogens is 488 g/mol. The Hall–Kier alpha value is -3.69. The normalized spacial score (nSPS) is 20.0. The lowest BCUT2D eigenvalue weighted by Gasteiger charge is -2.40. The lowest BCUT2D eigenvalue weighted by molar-refractivity contribution is -0.120. The molecular formula is C27H24F4N4O2. The number of aryl methyl sites for hydroxylation is 2. The molecule has 6 nitrogen and oxygen atoms in total. The van der Waals surface area contributed by atoms with Gasteiger partial charge in [-0.3, -0.25) is 4.79 Å². The molecule has 1 unspecified atom stereocenters. The van der Waals surface area contributed by atoms with Crippen molar-refractivity contribution in [1.29, 1.82) is 0 Å². The number of hydrogen-bond donors (Lipinski definition) is 0. The molecule has 3 heterocycles. The molecule has 1 amide bonds. The van der Waals surface area contributed by atoms with Crippen LogP contribution in [0.25, 0.3) is 22.2 Å². The molecule has 2 fully saturated rings. The molecule has 37 heavy (non-hydrogen) atoms. The van der Waals surface area contributed by atoms with Crippen LogP contribution in [0, 0.1) is 25.5 Å². The molecule has 1 aliphatic carbocycles. The van der Waals surface area contributed by atoms with E-state index in [4.69, 9.17) is 9.51 Å². The Morgan fingerprint density at radius 3 is 2.51 bits per heavy atom. The Balaban J connectivity index is 1.51. The van der Waals surface area contributed by atoms with Crippen LogP contribution in [0.5, 0.6) is 0 Å². The molecule has 10 heteroatoms. The maximum atomic E-state index is 14.1. The molecule has 0 spiro atoms. The van der Waals surface area contributed by atoms with Gasteiger partial charge in [0.15, 0.2) is 11.6 Å². The topological polar surface area (TPSA) is 64.2 Å². The summed E-state index contributed by atoms with van der Waals surface area (Å²) in [6, 6.07) is 7.81. The van der Waals surface area contributed by atoms with Gasteiger partial charge in [-0.2, -0.15) is 0 Å². The van der Waals surface area contributed by atoms with E-state index in [0.29, 0.717) is 35.5 Å². The van der Waals surface area contributed by atoms with Crippen molar-refractivity contribution < 1.29 is 26.9 Å². The number of imidazole rings is 1. The summed E-state index contributed by atoms with van der Waals surface area (Å²) in [6.07, 6.45) is 0.658. The number of amides is 1. The van der Waals surface area contributed by atoms with Gasteiger partial charge in [-0.1, -0.05) is 11.2 Å². The van der Waals surface area contributed by atoms with Crippen LogP contribution < -0.4 is 4.90 Å². The number of nitrogens with zero attached hydrogens (tertiary/aromatic N) is 4. The molecule has 0 radical (unpaired) electrons. The summed E-state index contributed by atoms with van der Waals surface area (Å²) in [4.78, 5) is 19.4. The van der Waals surface area contributed by atoms with Crippen molar-refractivity contribution in [3.63, 3.8) is 0 Å². The second-order valence-corrected chi connectivity index (χ2v) is 9.93. The number of alkyl halides is 2. The molecule has 1 aliphatic heterocycles. The SMILES string of the molecule is Cc1noc(C)c1-c1ccc2c(c1)nc(C1CCCC(=O)N1c1ccc(F)c(F)c1)n2C1CC(F)(F)C1. The first-order chi connectivity index (χ1) is 17.6. The van der Waals surface area contributed by atoms with E-state index in [1.165, 1.54) is 11.0 Å². The molecule has 4 aromatic rings. The largest absolute Gasteiger partial charge is 0.361 e. The molecule has 2 aromatic heterocycles. The number of fused-ring (bicyclic) bond motifs is 1. The highest BCUT2D eigenvalue weighted by Gasteiger charge is 2.48. The third-order valence-corrected chi connectivity index (χ3v) is 7.40. The molecule has 2 aromatic carbocycles. The average Bonchev–Trinajstić information content (AvgIpc) is 3.37. The Bertz CT molecular complexity index is 1520. The minimum atomic E-state index is -2.77. The quantitative estimate of drug-likeness (QED) is 0.282. The van der Waals surface area contributed by atoms with Crippen LogP contribution in [0.3, 0.4) is 0 Å².